The average Bonchev–Trinajstić information content (AvgIpc) is 3.11. The number of benzene rings is 1. The molecular weight excluding hydrogens is 252 g/mol. The van der Waals surface area contributed by atoms with Crippen LogP contribution in [0.25, 0.3) is 21.8 Å². The Morgan fingerprint density at radius 1 is 1.25 bits per heavy atom. The van der Waals surface area contributed by atoms with Gasteiger partial charge in [-0.3, -0.25) is 9.78 Å². The molecule has 100 valence electrons. The van der Waals surface area contributed by atoms with Crippen molar-refractivity contribution in [1.82, 2.24) is 9.97 Å². The molecule has 1 aliphatic carbocycles. The number of hydrogen-bond acceptors (Lipinski definition) is 2. The predicted molar refractivity (Wildman–Crippen MR) is 76.8 cm³/mol. The third-order valence-electron chi connectivity index (χ3n) is 4.36. The highest BCUT2D eigenvalue weighted by molar-refractivity contribution is 6.07. The molecule has 2 heterocycles. The van der Waals surface area contributed by atoms with Gasteiger partial charge in [0.25, 0.3) is 0 Å². The number of H-pyrrole nitrogens is 1. The van der Waals surface area contributed by atoms with E-state index in [2.05, 4.69) is 22.1 Å². The molecule has 4 rings (SSSR count). The van der Waals surface area contributed by atoms with E-state index in [0.29, 0.717) is 0 Å². The third-order valence-corrected chi connectivity index (χ3v) is 4.36. The van der Waals surface area contributed by atoms with E-state index in [4.69, 9.17) is 5.11 Å². The Labute approximate surface area is 115 Å². The van der Waals surface area contributed by atoms with Crippen LogP contribution in [0.3, 0.4) is 0 Å². The van der Waals surface area contributed by atoms with E-state index < -0.39 is 5.97 Å². The predicted octanol–water partition coefficient (Wildman–Crippen LogP) is 3.22. The monoisotopic (exact) mass is 266 g/mol. The minimum atomic E-state index is -0.717. The Kier molecular flexibility index (Phi) is 2.19. The summed E-state index contributed by atoms with van der Waals surface area (Å²) in [5.74, 6) is -0.717. The van der Waals surface area contributed by atoms with Gasteiger partial charge in [0.05, 0.1) is 18.1 Å². The maximum atomic E-state index is 11.0. The molecule has 1 saturated carbocycles. The van der Waals surface area contributed by atoms with Crippen molar-refractivity contribution in [2.45, 2.75) is 24.7 Å². The highest BCUT2D eigenvalue weighted by Gasteiger charge is 2.46. The van der Waals surface area contributed by atoms with Crippen LogP contribution >= 0.6 is 0 Å². The summed E-state index contributed by atoms with van der Waals surface area (Å²) in [6, 6.07) is 8.24. The number of carboxylic acids is 1. The van der Waals surface area contributed by atoms with Crippen LogP contribution in [0.2, 0.25) is 0 Å². The maximum Gasteiger partial charge on any atom is 0.304 e. The van der Waals surface area contributed by atoms with Gasteiger partial charge in [-0.1, -0.05) is 6.07 Å². The molecule has 4 heteroatoms. The minimum Gasteiger partial charge on any atom is -0.481 e. The van der Waals surface area contributed by atoms with Crippen molar-refractivity contribution in [2.24, 2.45) is 0 Å². The molecule has 1 aliphatic rings. The molecule has 0 unspecified atom stereocenters. The van der Waals surface area contributed by atoms with Gasteiger partial charge in [0, 0.05) is 27.9 Å². The van der Waals surface area contributed by atoms with Crippen molar-refractivity contribution < 1.29 is 9.90 Å². The van der Waals surface area contributed by atoms with Gasteiger partial charge in [0.15, 0.2) is 0 Å². The van der Waals surface area contributed by atoms with E-state index >= 15 is 0 Å². The number of pyridine rings is 1. The Morgan fingerprint density at radius 2 is 2.10 bits per heavy atom. The van der Waals surface area contributed by atoms with E-state index in [9.17, 15) is 4.79 Å². The molecule has 0 amide bonds. The zero-order chi connectivity index (χ0) is 13.7. The first-order valence-electron chi connectivity index (χ1n) is 6.76. The second-order valence-electron chi connectivity index (χ2n) is 5.66. The summed E-state index contributed by atoms with van der Waals surface area (Å²) in [4.78, 5) is 18.5. The Balaban J connectivity index is 1.90. The van der Waals surface area contributed by atoms with E-state index in [1.54, 1.807) is 6.20 Å². The molecule has 1 fully saturated rings. The van der Waals surface area contributed by atoms with Gasteiger partial charge < -0.3 is 10.1 Å². The van der Waals surface area contributed by atoms with Gasteiger partial charge in [-0.15, -0.1) is 0 Å². The van der Waals surface area contributed by atoms with Gasteiger partial charge in [0.2, 0.25) is 0 Å². The number of carbonyl (C=O) groups is 1. The number of fused-ring (bicyclic) bond motifs is 3. The summed E-state index contributed by atoms with van der Waals surface area (Å²) in [5, 5.41) is 11.4. The number of nitrogens with one attached hydrogen (secondary N) is 1. The Morgan fingerprint density at radius 3 is 2.85 bits per heavy atom. The lowest BCUT2D eigenvalue weighted by molar-refractivity contribution is -0.137. The molecule has 2 aromatic heterocycles. The zero-order valence-electron chi connectivity index (χ0n) is 10.9. The van der Waals surface area contributed by atoms with Crippen LogP contribution in [-0.2, 0) is 10.2 Å². The fourth-order valence-electron chi connectivity index (χ4n) is 3.09. The normalized spacial score (nSPS) is 16.6. The van der Waals surface area contributed by atoms with Gasteiger partial charge in [-0.2, -0.15) is 0 Å². The van der Waals surface area contributed by atoms with Crippen LogP contribution in [0, 0.1) is 0 Å². The maximum absolute atomic E-state index is 11.0. The number of aliphatic carboxylic acids is 1. The molecule has 0 aliphatic heterocycles. The fourth-order valence-corrected chi connectivity index (χ4v) is 3.09. The van der Waals surface area contributed by atoms with Crippen LogP contribution in [0.15, 0.2) is 36.7 Å². The van der Waals surface area contributed by atoms with Crippen molar-refractivity contribution in [3.05, 3.63) is 42.2 Å². The summed E-state index contributed by atoms with van der Waals surface area (Å²) >= 11 is 0. The Hall–Kier alpha value is -2.36. The lowest BCUT2D eigenvalue weighted by Gasteiger charge is -2.13. The van der Waals surface area contributed by atoms with Crippen molar-refractivity contribution >= 4 is 27.8 Å². The molecule has 3 aromatic rings. The van der Waals surface area contributed by atoms with Crippen LogP contribution in [0.1, 0.15) is 24.8 Å². The second-order valence-corrected chi connectivity index (χ2v) is 5.66. The smallest absolute Gasteiger partial charge is 0.304 e. The zero-order valence-corrected chi connectivity index (χ0v) is 10.9. The quantitative estimate of drug-likeness (QED) is 0.765. The topological polar surface area (TPSA) is 66.0 Å². The molecule has 0 spiro atoms. The number of nitrogens with zero attached hydrogens (tertiary/aromatic N) is 1. The molecule has 0 atom stereocenters. The Bertz CT molecular complexity index is 831. The van der Waals surface area contributed by atoms with Crippen molar-refractivity contribution in [3.63, 3.8) is 0 Å². The summed E-state index contributed by atoms with van der Waals surface area (Å²) in [5.41, 5.74) is 3.09. The minimum absolute atomic E-state index is 0.142. The van der Waals surface area contributed by atoms with Crippen molar-refractivity contribution in [1.29, 1.82) is 0 Å². The van der Waals surface area contributed by atoms with Crippen LogP contribution in [0.4, 0.5) is 0 Å². The van der Waals surface area contributed by atoms with Crippen LogP contribution < -0.4 is 0 Å². The second kappa shape index (κ2) is 3.82. The molecule has 0 radical (unpaired) electrons. The van der Waals surface area contributed by atoms with Crippen LogP contribution in [-0.4, -0.2) is 21.0 Å². The first kappa shape index (κ1) is 11.5. The fraction of sp³-hybridized carbons (Fsp3) is 0.250. The van der Waals surface area contributed by atoms with Gasteiger partial charge in [-0.05, 0) is 36.6 Å². The van der Waals surface area contributed by atoms with Gasteiger partial charge in [-0.25, -0.2) is 0 Å². The van der Waals surface area contributed by atoms with Crippen molar-refractivity contribution in [2.75, 3.05) is 0 Å². The summed E-state index contributed by atoms with van der Waals surface area (Å²) in [7, 11) is 0. The average molecular weight is 266 g/mol. The van der Waals surface area contributed by atoms with E-state index in [0.717, 1.165) is 40.2 Å². The number of carboxylic acid groups (broad SMARTS) is 1. The molecule has 20 heavy (non-hydrogen) atoms. The number of aromatic amines is 1. The largest absolute Gasteiger partial charge is 0.481 e. The molecule has 2 N–H and O–H groups in total. The number of rotatable bonds is 3. The molecule has 0 bridgehead atoms. The SMILES string of the molecule is O=C(O)CC1(c2ccc3[nH]c4cnccc4c3c2)CC1. The highest BCUT2D eigenvalue weighted by atomic mass is 16.4. The van der Waals surface area contributed by atoms with E-state index in [1.807, 2.05) is 18.3 Å². The molecule has 1 aromatic carbocycles. The number of aromatic nitrogens is 2. The van der Waals surface area contributed by atoms with Crippen molar-refractivity contribution in [3.8, 4) is 0 Å². The summed E-state index contributed by atoms with van der Waals surface area (Å²) < 4.78 is 0. The molecule has 0 saturated heterocycles. The van der Waals surface area contributed by atoms with Crippen LogP contribution in [0.5, 0.6) is 0 Å². The number of hydrogen-bond donors (Lipinski definition) is 2. The lowest BCUT2D eigenvalue weighted by atomic mass is 9.91. The van der Waals surface area contributed by atoms with Gasteiger partial charge in [0.1, 0.15) is 0 Å². The summed E-state index contributed by atoms with van der Waals surface area (Å²) in [6.45, 7) is 0. The van der Waals surface area contributed by atoms with Gasteiger partial charge >= 0.3 is 5.97 Å². The standard InChI is InChI=1S/C16H14N2O2/c19-15(20)8-16(4-5-16)10-1-2-13-12(7-10)11-3-6-17-9-14(11)18-13/h1-3,6-7,9,18H,4-5,8H2,(H,19,20). The molecule has 4 nitrogen and oxygen atoms in total. The highest BCUT2D eigenvalue weighted by Crippen LogP contribution is 2.51. The first-order valence-corrected chi connectivity index (χ1v) is 6.76. The third kappa shape index (κ3) is 1.61. The van der Waals surface area contributed by atoms with E-state index in [-0.39, 0.29) is 11.8 Å². The van der Waals surface area contributed by atoms with E-state index in [1.165, 1.54) is 0 Å². The molecular formula is C16H14N2O2. The lowest BCUT2D eigenvalue weighted by Crippen LogP contribution is -2.12. The summed E-state index contributed by atoms with van der Waals surface area (Å²) in [6.07, 6.45) is 5.76. The first-order chi connectivity index (χ1) is 9.68.